The van der Waals surface area contributed by atoms with E-state index in [-0.39, 0.29) is 24.3 Å². The molecule has 0 saturated carbocycles. The number of nitrogens with one attached hydrogen (secondary N) is 1. The van der Waals surface area contributed by atoms with Gasteiger partial charge in [-0.05, 0) is 31.7 Å². The first-order valence-electron chi connectivity index (χ1n) is 4.26. The van der Waals surface area contributed by atoms with Gasteiger partial charge in [0, 0.05) is 6.04 Å². The topological polar surface area (TPSA) is 32.3 Å². The number of hydrogen-bond acceptors (Lipinski definition) is 2. The maximum atomic E-state index is 12.5. The average Bonchev–Trinajstić information content (AvgIpc) is 2.17. The Labute approximate surface area is 89.6 Å². The summed E-state index contributed by atoms with van der Waals surface area (Å²) in [6.45, 7) is 1.87. The van der Waals surface area contributed by atoms with Crippen LogP contribution in [-0.2, 0) is 0 Å². The summed E-state index contributed by atoms with van der Waals surface area (Å²) >= 11 is 0. The predicted octanol–water partition coefficient (Wildman–Crippen LogP) is 1.89. The van der Waals surface area contributed by atoms with Crippen molar-refractivity contribution in [2.45, 2.75) is 19.1 Å². The molecule has 0 radical (unpaired) electrons. The summed E-state index contributed by atoms with van der Waals surface area (Å²) < 4.78 is 12.5. The van der Waals surface area contributed by atoms with Gasteiger partial charge in [0.1, 0.15) is 5.82 Å². The predicted molar refractivity (Wildman–Crippen MR) is 57.1 cm³/mol. The Morgan fingerprint density at radius 1 is 1.29 bits per heavy atom. The van der Waals surface area contributed by atoms with E-state index in [1.807, 2.05) is 6.92 Å². The standard InChI is InChI=1S/C10H14FNO.ClH/c1-7(12-2)10(13)8-3-5-9(11)6-4-8;/h3-7,10,12-13H,1-2H3;1H/t7-,10-;/m1./s1. The van der Waals surface area contributed by atoms with Crippen LogP contribution in [0.3, 0.4) is 0 Å². The van der Waals surface area contributed by atoms with Crippen molar-refractivity contribution in [3.05, 3.63) is 35.6 Å². The molecule has 0 unspecified atom stereocenters. The van der Waals surface area contributed by atoms with Crippen LogP contribution in [-0.4, -0.2) is 18.2 Å². The lowest BCUT2D eigenvalue weighted by Crippen LogP contribution is -2.28. The molecule has 1 rings (SSSR count). The van der Waals surface area contributed by atoms with E-state index < -0.39 is 6.10 Å². The van der Waals surface area contributed by atoms with Crippen molar-refractivity contribution in [1.29, 1.82) is 0 Å². The minimum Gasteiger partial charge on any atom is -0.387 e. The second-order valence-electron chi connectivity index (χ2n) is 3.07. The maximum Gasteiger partial charge on any atom is 0.123 e. The van der Waals surface area contributed by atoms with Gasteiger partial charge in [-0.1, -0.05) is 12.1 Å². The molecule has 0 saturated heterocycles. The molecule has 1 aromatic rings. The molecule has 0 heterocycles. The zero-order valence-electron chi connectivity index (χ0n) is 8.20. The van der Waals surface area contributed by atoms with Crippen LogP contribution in [0.1, 0.15) is 18.6 Å². The van der Waals surface area contributed by atoms with Gasteiger partial charge in [-0.2, -0.15) is 0 Å². The number of likely N-dealkylation sites (N-methyl/N-ethyl adjacent to an activating group) is 1. The molecule has 0 bridgehead atoms. The van der Waals surface area contributed by atoms with E-state index in [0.29, 0.717) is 0 Å². The molecule has 0 aliphatic rings. The van der Waals surface area contributed by atoms with E-state index in [4.69, 9.17) is 0 Å². The molecular formula is C10H15ClFNO. The number of benzene rings is 1. The summed E-state index contributed by atoms with van der Waals surface area (Å²) in [4.78, 5) is 0. The van der Waals surface area contributed by atoms with Crippen LogP contribution in [0, 0.1) is 5.82 Å². The summed E-state index contributed by atoms with van der Waals surface area (Å²) in [5.41, 5.74) is 0.725. The fourth-order valence-electron chi connectivity index (χ4n) is 1.11. The molecule has 2 N–H and O–H groups in total. The molecule has 0 aliphatic heterocycles. The van der Waals surface area contributed by atoms with Crippen molar-refractivity contribution < 1.29 is 9.50 Å². The molecule has 2 atom stereocenters. The molecule has 4 heteroatoms. The fraction of sp³-hybridized carbons (Fsp3) is 0.400. The van der Waals surface area contributed by atoms with Gasteiger partial charge in [0.25, 0.3) is 0 Å². The van der Waals surface area contributed by atoms with E-state index in [9.17, 15) is 9.50 Å². The third-order valence-corrected chi connectivity index (χ3v) is 2.14. The lowest BCUT2D eigenvalue weighted by atomic mass is 10.0. The number of halogens is 2. The van der Waals surface area contributed by atoms with Crippen LogP contribution in [0.15, 0.2) is 24.3 Å². The highest BCUT2D eigenvalue weighted by Gasteiger charge is 2.13. The van der Waals surface area contributed by atoms with Crippen molar-refractivity contribution in [2.75, 3.05) is 7.05 Å². The second-order valence-corrected chi connectivity index (χ2v) is 3.07. The first-order valence-corrected chi connectivity index (χ1v) is 4.26. The van der Waals surface area contributed by atoms with Crippen molar-refractivity contribution in [3.63, 3.8) is 0 Å². The zero-order valence-corrected chi connectivity index (χ0v) is 9.01. The SMILES string of the molecule is CN[C@H](C)[C@@H](O)c1ccc(F)cc1.Cl. The Bertz CT molecular complexity index is 265. The molecule has 0 aliphatic carbocycles. The molecule has 0 amide bonds. The van der Waals surface area contributed by atoms with E-state index in [2.05, 4.69) is 5.32 Å². The molecule has 0 spiro atoms. The van der Waals surface area contributed by atoms with E-state index in [1.165, 1.54) is 12.1 Å². The highest BCUT2D eigenvalue weighted by atomic mass is 35.5. The second kappa shape index (κ2) is 5.96. The molecule has 2 nitrogen and oxygen atoms in total. The first-order chi connectivity index (χ1) is 6.15. The smallest absolute Gasteiger partial charge is 0.123 e. The number of rotatable bonds is 3. The van der Waals surface area contributed by atoms with Crippen molar-refractivity contribution in [2.24, 2.45) is 0 Å². The number of aliphatic hydroxyl groups is 1. The summed E-state index contributed by atoms with van der Waals surface area (Å²) in [6.07, 6.45) is -0.592. The number of hydrogen-bond donors (Lipinski definition) is 2. The third kappa shape index (κ3) is 3.25. The molecular weight excluding hydrogens is 205 g/mol. The molecule has 1 aromatic carbocycles. The molecule has 80 valence electrons. The normalized spacial score (nSPS) is 14.3. The highest BCUT2D eigenvalue weighted by molar-refractivity contribution is 5.85. The van der Waals surface area contributed by atoms with Crippen LogP contribution < -0.4 is 5.32 Å². The quantitative estimate of drug-likeness (QED) is 0.814. The first kappa shape index (κ1) is 13.4. The van der Waals surface area contributed by atoms with Gasteiger partial charge >= 0.3 is 0 Å². The Kier molecular flexibility index (Phi) is 5.69. The van der Waals surface area contributed by atoms with E-state index >= 15 is 0 Å². The van der Waals surface area contributed by atoms with Gasteiger partial charge < -0.3 is 10.4 Å². The fourth-order valence-corrected chi connectivity index (χ4v) is 1.11. The van der Waals surface area contributed by atoms with Crippen molar-refractivity contribution in [1.82, 2.24) is 5.32 Å². The molecule has 14 heavy (non-hydrogen) atoms. The van der Waals surface area contributed by atoms with Gasteiger partial charge in [-0.3, -0.25) is 0 Å². The van der Waals surface area contributed by atoms with Gasteiger partial charge in [0.05, 0.1) is 6.10 Å². The van der Waals surface area contributed by atoms with Gasteiger partial charge in [-0.15, -0.1) is 12.4 Å². The lowest BCUT2D eigenvalue weighted by Gasteiger charge is -2.18. The minimum absolute atomic E-state index is 0. The maximum absolute atomic E-state index is 12.5. The summed E-state index contributed by atoms with van der Waals surface area (Å²) in [5, 5.41) is 12.6. The van der Waals surface area contributed by atoms with Crippen molar-refractivity contribution >= 4 is 12.4 Å². The van der Waals surface area contributed by atoms with E-state index in [1.54, 1.807) is 19.2 Å². The zero-order chi connectivity index (χ0) is 9.84. The van der Waals surface area contributed by atoms with E-state index in [0.717, 1.165) is 5.56 Å². The van der Waals surface area contributed by atoms with Crippen LogP contribution in [0.2, 0.25) is 0 Å². The summed E-state index contributed by atoms with van der Waals surface area (Å²) in [6, 6.07) is 5.84. The Balaban J connectivity index is 0.00000169. The summed E-state index contributed by atoms with van der Waals surface area (Å²) in [5.74, 6) is -0.284. The summed E-state index contributed by atoms with van der Waals surface area (Å²) in [7, 11) is 1.78. The highest BCUT2D eigenvalue weighted by Crippen LogP contribution is 2.16. The number of aliphatic hydroxyl groups excluding tert-OH is 1. The Morgan fingerprint density at radius 2 is 1.79 bits per heavy atom. The van der Waals surface area contributed by atoms with Gasteiger partial charge in [0.2, 0.25) is 0 Å². The van der Waals surface area contributed by atoms with Gasteiger partial charge in [0.15, 0.2) is 0 Å². The Hall–Kier alpha value is -0.640. The monoisotopic (exact) mass is 219 g/mol. The Morgan fingerprint density at radius 3 is 2.21 bits per heavy atom. The van der Waals surface area contributed by atoms with Gasteiger partial charge in [-0.25, -0.2) is 4.39 Å². The van der Waals surface area contributed by atoms with Crippen LogP contribution in [0.25, 0.3) is 0 Å². The van der Waals surface area contributed by atoms with Crippen molar-refractivity contribution in [3.8, 4) is 0 Å². The van der Waals surface area contributed by atoms with Crippen LogP contribution in [0.4, 0.5) is 4.39 Å². The average molecular weight is 220 g/mol. The van der Waals surface area contributed by atoms with Crippen LogP contribution in [0.5, 0.6) is 0 Å². The van der Waals surface area contributed by atoms with Crippen LogP contribution >= 0.6 is 12.4 Å². The third-order valence-electron chi connectivity index (χ3n) is 2.14. The minimum atomic E-state index is -0.592. The largest absolute Gasteiger partial charge is 0.387 e. The molecule has 0 fully saturated rings. The lowest BCUT2D eigenvalue weighted by molar-refractivity contribution is 0.140. The molecule has 0 aromatic heterocycles.